The summed E-state index contributed by atoms with van der Waals surface area (Å²) in [5.74, 6) is 0.513. The molecule has 0 aliphatic carbocycles. The molecule has 0 saturated heterocycles. The topological polar surface area (TPSA) is 86.5 Å². The van der Waals surface area contributed by atoms with Gasteiger partial charge in [-0.1, -0.05) is 0 Å². The number of nitro groups is 1. The van der Waals surface area contributed by atoms with Gasteiger partial charge in [0, 0.05) is 24.1 Å². The molecule has 0 radical (unpaired) electrons. The first kappa shape index (κ1) is 17.4. The molecule has 0 fully saturated rings. The molecule has 22 heavy (non-hydrogen) atoms. The Kier molecular flexibility index (Phi) is 6.77. The van der Waals surface area contributed by atoms with Gasteiger partial charge in [0.2, 0.25) is 0 Å². The normalized spacial score (nSPS) is 11.3. The lowest BCUT2D eigenvalue weighted by Crippen LogP contribution is -2.26. The number of carbonyl (C=O) groups is 2. The zero-order valence-electron chi connectivity index (χ0n) is 12.3. The van der Waals surface area contributed by atoms with E-state index in [2.05, 4.69) is 5.92 Å². The van der Waals surface area contributed by atoms with Gasteiger partial charge in [-0.25, -0.2) is 0 Å². The summed E-state index contributed by atoms with van der Waals surface area (Å²) < 4.78 is 4.92. The van der Waals surface area contributed by atoms with Crippen molar-refractivity contribution in [2.75, 3.05) is 6.61 Å². The van der Waals surface area contributed by atoms with Crippen molar-refractivity contribution in [1.29, 1.82) is 0 Å². The van der Waals surface area contributed by atoms with E-state index in [0.29, 0.717) is 19.3 Å². The molecule has 0 aromatic heterocycles. The number of unbranched alkanes of at least 4 members (excludes halogenated alkanes) is 1. The minimum atomic E-state index is -0.935. The van der Waals surface area contributed by atoms with E-state index >= 15 is 0 Å². The molecule has 6 heteroatoms. The van der Waals surface area contributed by atoms with Crippen molar-refractivity contribution in [1.82, 2.24) is 0 Å². The largest absolute Gasteiger partial charge is 0.465 e. The molecule has 0 aliphatic rings. The van der Waals surface area contributed by atoms with Gasteiger partial charge in [0.1, 0.15) is 5.92 Å². The van der Waals surface area contributed by atoms with Crippen molar-refractivity contribution >= 4 is 17.4 Å². The zero-order valence-corrected chi connectivity index (χ0v) is 12.3. The lowest BCUT2D eigenvalue weighted by atomic mass is 9.92. The molecule has 1 atom stereocenters. The van der Waals surface area contributed by atoms with Crippen molar-refractivity contribution in [2.24, 2.45) is 5.92 Å². The lowest BCUT2D eigenvalue weighted by Gasteiger charge is -2.14. The van der Waals surface area contributed by atoms with Crippen molar-refractivity contribution in [3.63, 3.8) is 0 Å². The molecule has 1 aromatic carbocycles. The van der Waals surface area contributed by atoms with Gasteiger partial charge in [-0.05, 0) is 31.9 Å². The van der Waals surface area contributed by atoms with Crippen LogP contribution in [0.25, 0.3) is 0 Å². The number of benzene rings is 1. The molecule has 0 aliphatic heterocycles. The molecule has 0 heterocycles. The third kappa shape index (κ3) is 4.70. The van der Waals surface area contributed by atoms with E-state index in [-0.39, 0.29) is 17.9 Å². The number of ether oxygens (including phenoxy) is 1. The first-order valence-electron chi connectivity index (χ1n) is 6.90. The van der Waals surface area contributed by atoms with E-state index in [1.54, 1.807) is 6.92 Å². The number of terminal acetylenes is 1. The van der Waals surface area contributed by atoms with E-state index in [0.717, 1.165) is 0 Å². The molecule has 0 spiro atoms. The van der Waals surface area contributed by atoms with Gasteiger partial charge >= 0.3 is 5.97 Å². The number of rotatable bonds is 8. The Labute approximate surface area is 128 Å². The summed E-state index contributed by atoms with van der Waals surface area (Å²) in [6, 6.07) is 5.15. The number of Topliss-reactive ketones (excluding diaryl/α,β-unsaturated/α-hetero) is 1. The molecule has 0 bridgehead atoms. The highest BCUT2D eigenvalue weighted by molar-refractivity contribution is 6.08. The minimum Gasteiger partial charge on any atom is -0.465 e. The number of hydrogen-bond donors (Lipinski definition) is 0. The van der Waals surface area contributed by atoms with Crippen LogP contribution in [-0.4, -0.2) is 23.3 Å². The minimum absolute atomic E-state index is 0.114. The molecule has 6 nitrogen and oxygen atoms in total. The summed E-state index contributed by atoms with van der Waals surface area (Å²) in [6.45, 7) is 1.84. The average Bonchev–Trinajstić information content (AvgIpc) is 2.51. The predicted molar refractivity (Wildman–Crippen MR) is 80.2 cm³/mol. The van der Waals surface area contributed by atoms with Crippen LogP contribution in [0, 0.1) is 28.4 Å². The third-order valence-electron chi connectivity index (χ3n) is 3.06. The quantitative estimate of drug-likeness (QED) is 0.140. The van der Waals surface area contributed by atoms with E-state index in [4.69, 9.17) is 11.2 Å². The maximum Gasteiger partial charge on any atom is 0.316 e. The van der Waals surface area contributed by atoms with Crippen LogP contribution in [-0.2, 0) is 9.53 Å². The maximum absolute atomic E-state index is 12.4. The number of nitrogens with zero attached hydrogens (tertiary/aromatic N) is 1. The summed E-state index contributed by atoms with van der Waals surface area (Å²) in [7, 11) is 0. The van der Waals surface area contributed by atoms with Crippen molar-refractivity contribution < 1.29 is 19.2 Å². The molecule has 1 rings (SSSR count). The van der Waals surface area contributed by atoms with Crippen LogP contribution in [0.3, 0.4) is 0 Å². The lowest BCUT2D eigenvalue weighted by molar-refractivity contribution is -0.384. The highest BCUT2D eigenvalue weighted by Gasteiger charge is 2.28. The summed E-state index contributed by atoms with van der Waals surface area (Å²) >= 11 is 0. The van der Waals surface area contributed by atoms with Crippen molar-refractivity contribution in [3.05, 3.63) is 39.9 Å². The highest BCUT2D eigenvalue weighted by Crippen LogP contribution is 2.19. The van der Waals surface area contributed by atoms with Crippen LogP contribution in [0.1, 0.15) is 36.5 Å². The standard InChI is InChI=1S/C16H17NO5/c1-3-5-6-7-14(16(19)22-4-2)15(18)12-8-10-13(11-9-12)17(20)21/h1,8-11,14H,4-7H2,2H3. The molecule has 0 N–H and O–H groups in total. The van der Waals surface area contributed by atoms with E-state index in [1.165, 1.54) is 24.3 Å². The highest BCUT2D eigenvalue weighted by atomic mass is 16.6. The van der Waals surface area contributed by atoms with Gasteiger partial charge in [-0.15, -0.1) is 12.3 Å². The van der Waals surface area contributed by atoms with Gasteiger partial charge in [0.15, 0.2) is 5.78 Å². The van der Waals surface area contributed by atoms with E-state index < -0.39 is 22.6 Å². The summed E-state index contributed by atoms with van der Waals surface area (Å²) in [4.78, 5) is 34.4. The molecule has 1 aromatic rings. The molecular formula is C16H17NO5. The SMILES string of the molecule is C#CCCCC(C(=O)OCC)C(=O)c1ccc([N+](=O)[O-])cc1. The fourth-order valence-corrected chi connectivity index (χ4v) is 1.96. The van der Waals surface area contributed by atoms with Crippen LogP contribution < -0.4 is 0 Å². The number of ketones is 1. The predicted octanol–water partition coefficient (Wildman–Crippen LogP) is 2.76. The molecule has 116 valence electrons. The average molecular weight is 303 g/mol. The monoisotopic (exact) mass is 303 g/mol. The number of carbonyl (C=O) groups excluding carboxylic acids is 2. The summed E-state index contributed by atoms with van der Waals surface area (Å²) in [6.07, 6.45) is 6.45. The van der Waals surface area contributed by atoms with Crippen LogP contribution in [0.5, 0.6) is 0 Å². The van der Waals surface area contributed by atoms with Crippen LogP contribution in [0.15, 0.2) is 24.3 Å². The first-order chi connectivity index (χ1) is 10.5. The van der Waals surface area contributed by atoms with Crippen LogP contribution >= 0.6 is 0 Å². The number of esters is 1. The Morgan fingerprint density at radius 3 is 2.50 bits per heavy atom. The fraction of sp³-hybridized carbons (Fsp3) is 0.375. The second-order valence-corrected chi connectivity index (χ2v) is 4.57. The van der Waals surface area contributed by atoms with E-state index in [9.17, 15) is 19.7 Å². The van der Waals surface area contributed by atoms with Gasteiger partial charge < -0.3 is 4.74 Å². The van der Waals surface area contributed by atoms with Crippen LogP contribution in [0.2, 0.25) is 0 Å². The van der Waals surface area contributed by atoms with Crippen LogP contribution in [0.4, 0.5) is 5.69 Å². The molecule has 0 saturated carbocycles. The number of hydrogen-bond acceptors (Lipinski definition) is 5. The maximum atomic E-state index is 12.4. The molecular weight excluding hydrogens is 286 g/mol. The van der Waals surface area contributed by atoms with E-state index in [1.807, 2.05) is 0 Å². The number of nitro benzene ring substituents is 1. The molecule has 1 unspecified atom stereocenters. The Morgan fingerprint density at radius 2 is 2.00 bits per heavy atom. The fourth-order valence-electron chi connectivity index (χ4n) is 1.96. The van der Waals surface area contributed by atoms with Gasteiger partial charge in [-0.3, -0.25) is 19.7 Å². The second kappa shape index (κ2) is 8.57. The first-order valence-corrected chi connectivity index (χ1v) is 6.90. The van der Waals surface area contributed by atoms with Gasteiger partial charge in [-0.2, -0.15) is 0 Å². The summed E-state index contributed by atoms with van der Waals surface area (Å²) in [5.41, 5.74) is 0.126. The number of non-ortho nitro benzene ring substituents is 1. The Morgan fingerprint density at radius 1 is 1.36 bits per heavy atom. The Hall–Kier alpha value is -2.68. The summed E-state index contributed by atoms with van der Waals surface area (Å²) in [5, 5.41) is 10.6. The zero-order chi connectivity index (χ0) is 16.5. The Balaban J connectivity index is 2.92. The third-order valence-corrected chi connectivity index (χ3v) is 3.06. The smallest absolute Gasteiger partial charge is 0.316 e. The molecule has 0 amide bonds. The second-order valence-electron chi connectivity index (χ2n) is 4.57. The van der Waals surface area contributed by atoms with Gasteiger partial charge in [0.25, 0.3) is 5.69 Å². The Bertz CT molecular complexity index is 586. The van der Waals surface area contributed by atoms with Crippen molar-refractivity contribution in [2.45, 2.75) is 26.2 Å². The van der Waals surface area contributed by atoms with Gasteiger partial charge in [0.05, 0.1) is 11.5 Å². The van der Waals surface area contributed by atoms with Crippen molar-refractivity contribution in [3.8, 4) is 12.3 Å².